The Balaban J connectivity index is 1.87. The van der Waals surface area contributed by atoms with E-state index in [0.717, 1.165) is 0 Å². The number of nitrogens with two attached hydrogens (primary N) is 1. The van der Waals surface area contributed by atoms with Crippen molar-refractivity contribution in [2.75, 3.05) is 7.11 Å². The summed E-state index contributed by atoms with van der Waals surface area (Å²) >= 11 is 0. The molecule has 0 saturated carbocycles. The van der Waals surface area contributed by atoms with Crippen LogP contribution in [0, 0.1) is 5.92 Å². The first-order valence-corrected chi connectivity index (χ1v) is 7.89. The van der Waals surface area contributed by atoms with Crippen LogP contribution < -0.4 is 5.73 Å². The number of methoxy groups -OCH3 is 1. The van der Waals surface area contributed by atoms with Crippen LogP contribution in [0.15, 0.2) is 30.5 Å². The third-order valence-corrected chi connectivity index (χ3v) is 4.30. The smallest absolute Gasteiger partial charge is 0.439 e. The third-order valence-electron chi connectivity index (χ3n) is 4.30. The summed E-state index contributed by atoms with van der Waals surface area (Å²) in [6, 6.07) is 5.17. The minimum atomic E-state index is -1.18. The van der Waals surface area contributed by atoms with E-state index in [1.54, 1.807) is 24.3 Å². The quantitative estimate of drug-likeness (QED) is 0.606. The van der Waals surface area contributed by atoms with Gasteiger partial charge in [0.25, 0.3) is 0 Å². The van der Waals surface area contributed by atoms with Gasteiger partial charge in [-0.05, 0) is 24.6 Å². The Labute approximate surface area is 152 Å². The Morgan fingerprint density at radius 2 is 2.00 bits per heavy atom. The number of hydrogen-bond donors (Lipinski definition) is 1. The average Bonchev–Trinajstić information content (AvgIpc) is 3.26. The maximum absolute atomic E-state index is 14.2. The molecule has 2 amide bonds. The number of carbonyl (C=O) groups is 3. The molecule has 3 unspecified atom stereocenters. The predicted octanol–water partition coefficient (Wildman–Crippen LogP) is 0.922. The van der Waals surface area contributed by atoms with Gasteiger partial charge in [-0.2, -0.15) is 0 Å². The zero-order chi connectivity index (χ0) is 19.7. The van der Waals surface area contributed by atoms with Crippen molar-refractivity contribution in [3.05, 3.63) is 41.7 Å². The van der Waals surface area contributed by atoms with Crippen LogP contribution in [0.4, 0.5) is 9.28 Å². The molecule has 1 aliphatic heterocycles. The topological polar surface area (TPSA) is 130 Å². The van der Waals surface area contributed by atoms with Gasteiger partial charge in [-0.3, -0.25) is 4.79 Å². The Kier molecular flexibility index (Phi) is 4.75. The number of ether oxygens (including phenoxy) is 2. The van der Waals surface area contributed by atoms with Crippen molar-refractivity contribution in [3.8, 4) is 5.69 Å². The van der Waals surface area contributed by atoms with Gasteiger partial charge in [0, 0.05) is 0 Å². The summed E-state index contributed by atoms with van der Waals surface area (Å²) in [7, 11) is 1.23. The fourth-order valence-electron chi connectivity index (χ4n) is 2.74. The maximum Gasteiger partial charge on any atom is 0.439 e. The van der Waals surface area contributed by atoms with E-state index in [1.807, 2.05) is 0 Å². The fraction of sp³-hybridized carbons (Fsp3) is 0.312. The number of benzene rings is 1. The van der Waals surface area contributed by atoms with Crippen molar-refractivity contribution < 1.29 is 28.3 Å². The molecule has 1 aromatic carbocycles. The first-order valence-electron chi connectivity index (χ1n) is 7.89. The van der Waals surface area contributed by atoms with E-state index in [-0.39, 0.29) is 10.8 Å². The molecule has 3 atom stereocenters. The highest BCUT2D eigenvalue weighted by molar-refractivity contribution is 5.86. The summed E-state index contributed by atoms with van der Waals surface area (Å²) in [6.45, 7) is 1.46. The van der Waals surface area contributed by atoms with Crippen molar-refractivity contribution in [2.24, 2.45) is 11.7 Å². The second-order valence-electron chi connectivity index (χ2n) is 5.93. The number of nitrogens with zero attached hydrogens (tertiary/aromatic N) is 4. The summed E-state index contributed by atoms with van der Waals surface area (Å²) in [4.78, 5) is 34.5. The number of primary amides is 1. The van der Waals surface area contributed by atoms with Crippen molar-refractivity contribution in [2.45, 2.75) is 19.1 Å². The molecule has 10 nitrogen and oxygen atoms in total. The van der Waals surface area contributed by atoms with Gasteiger partial charge in [0.2, 0.25) is 5.91 Å². The molecular weight excluding hydrogens is 361 g/mol. The molecule has 2 N–H and O–H groups in total. The predicted molar refractivity (Wildman–Crippen MR) is 87.0 cm³/mol. The Bertz CT molecular complexity index is 884. The van der Waals surface area contributed by atoms with E-state index in [4.69, 9.17) is 10.5 Å². The highest BCUT2D eigenvalue weighted by Gasteiger charge is 2.47. The van der Waals surface area contributed by atoms with E-state index in [9.17, 15) is 18.9 Å². The summed E-state index contributed by atoms with van der Waals surface area (Å²) in [5.41, 5.74) is 6.23. The number of amides is 2. The number of rotatable bonds is 5. The van der Waals surface area contributed by atoms with E-state index in [1.165, 1.54) is 24.9 Å². The third kappa shape index (κ3) is 3.30. The number of carbonyl (C=O) groups excluding carboxylic acids is 3. The van der Waals surface area contributed by atoms with Crippen LogP contribution in [0.2, 0.25) is 0 Å². The highest BCUT2D eigenvalue weighted by Crippen LogP contribution is 2.37. The molecule has 0 radical (unpaired) electrons. The normalized spacial score (nSPS) is 20.3. The van der Waals surface area contributed by atoms with Crippen LogP contribution in [-0.2, 0) is 14.3 Å². The summed E-state index contributed by atoms with van der Waals surface area (Å²) in [5, 5.41) is 7.45. The summed E-state index contributed by atoms with van der Waals surface area (Å²) < 4.78 is 25.1. The SMILES string of the molecule is COC(=O)c1cn(-c2ccc(C3C(C(C)C(N)=O)OC(=O)N3F)cc2)nn1. The lowest BCUT2D eigenvalue weighted by molar-refractivity contribution is -0.124. The molecule has 2 heterocycles. The van der Waals surface area contributed by atoms with Gasteiger partial charge in [-0.15, -0.1) is 10.2 Å². The van der Waals surface area contributed by atoms with Gasteiger partial charge in [-0.25, -0.2) is 14.3 Å². The Hall–Kier alpha value is -3.50. The Morgan fingerprint density at radius 1 is 1.33 bits per heavy atom. The van der Waals surface area contributed by atoms with Crippen molar-refractivity contribution >= 4 is 18.0 Å². The molecule has 0 aliphatic carbocycles. The molecule has 2 aromatic rings. The molecule has 0 spiro atoms. The van der Waals surface area contributed by atoms with E-state index in [2.05, 4.69) is 15.0 Å². The van der Waals surface area contributed by atoms with E-state index >= 15 is 0 Å². The van der Waals surface area contributed by atoms with Crippen molar-refractivity contribution in [3.63, 3.8) is 0 Å². The van der Waals surface area contributed by atoms with Crippen LogP contribution >= 0.6 is 0 Å². The van der Waals surface area contributed by atoms with Gasteiger partial charge >= 0.3 is 12.1 Å². The van der Waals surface area contributed by atoms with Crippen LogP contribution in [0.5, 0.6) is 0 Å². The van der Waals surface area contributed by atoms with Gasteiger partial charge in [0.15, 0.2) is 5.69 Å². The molecule has 3 rings (SSSR count). The summed E-state index contributed by atoms with van der Waals surface area (Å²) in [5.74, 6) is -2.21. The minimum Gasteiger partial charge on any atom is -0.464 e. The number of esters is 1. The van der Waals surface area contributed by atoms with Crippen LogP contribution in [-0.4, -0.2) is 51.3 Å². The second-order valence-corrected chi connectivity index (χ2v) is 5.93. The van der Waals surface area contributed by atoms with Gasteiger partial charge < -0.3 is 15.2 Å². The lowest BCUT2D eigenvalue weighted by Gasteiger charge is -2.22. The molecule has 0 bridgehead atoms. The van der Waals surface area contributed by atoms with Crippen LogP contribution in [0.3, 0.4) is 0 Å². The molecule has 27 heavy (non-hydrogen) atoms. The van der Waals surface area contributed by atoms with Crippen molar-refractivity contribution in [1.82, 2.24) is 20.1 Å². The van der Waals surface area contributed by atoms with Gasteiger partial charge in [0.1, 0.15) is 12.1 Å². The second kappa shape index (κ2) is 7.02. The first-order chi connectivity index (χ1) is 12.8. The first kappa shape index (κ1) is 18.3. The molecule has 1 aliphatic rings. The number of cyclic esters (lactones) is 1. The standard InChI is InChI=1S/C16H16FN5O5/c1-8(14(18)23)13-12(22(17)16(25)27-13)9-3-5-10(6-4-9)21-7-11(19-20-21)15(24)26-2/h3-8,12-13H,1-2H3,(H2,18,23). The monoisotopic (exact) mass is 377 g/mol. The van der Waals surface area contributed by atoms with Crippen LogP contribution in [0.1, 0.15) is 29.0 Å². The molecule has 1 fully saturated rings. The zero-order valence-corrected chi connectivity index (χ0v) is 14.4. The average molecular weight is 377 g/mol. The zero-order valence-electron chi connectivity index (χ0n) is 14.4. The maximum atomic E-state index is 14.2. The molecule has 1 saturated heterocycles. The largest absolute Gasteiger partial charge is 0.464 e. The number of halogens is 1. The number of hydrogen-bond acceptors (Lipinski definition) is 7. The van der Waals surface area contributed by atoms with Crippen LogP contribution in [0.25, 0.3) is 5.69 Å². The minimum absolute atomic E-state index is 0.0293. The van der Waals surface area contributed by atoms with E-state index in [0.29, 0.717) is 11.3 Å². The van der Waals surface area contributed by atoms with Crippen molar-refractivity contribution in [1.29, 1.82) is 0 Å². The molecule has 11 heteroatoms. The fourth-order valence-corrected chi connectivity index (χ4v) is 2.74. The van der Waals surface area contributed by atoms with E-state index < -0.39 is 36.0 Å². The van der Waals surface area contributed by atoms with Gasteiger partial charge in [0.05, 0.1) is 24.9 Å². The van der Waals surface area contributed by atoms with Gasteiger partial charge in [-0.1, -0.05) is 21.8 Å². The summed E-state index contributed by atoms with van der Waals surface area (Å²) in [6.07, 6.45) is -0.855. The molecule has 142 valence electrons. The highest BCUT2D eigenvalue weighted by atomic mass is 19.2. The molecule has 1 aromatic heterocycles. The molecular formula is C16H16FN5O5. The lowest BCUT2D eigenvalue weighted by Crippen LogP contribution is -2.35. The number of aromatic nitrogens is 3. The lowest BCUT2D eigenvalue weighted by atomic mass is 9.92. The Morgan fingerprint density at radius 3 is 2.59 bits per heavy atom.